The first kappa shape index (κ1) is 16.0. The van der Waals surface area contributed by atoms with Crippen LogP contribution in [0.4, 0.5) is 10.1 Å². The van der Waals surface area contributed by atoms with Gasteiger partial charge in [0.05, 0.1) is 5.02 Å². The molecule has 2 nitrogen and oxygen atoms in total. The number of halogens is 4. The summed E-state index contributed by atoms with van der Waals surface area (Å²) >= 11 is 18.2. The quantitative estimate of drug-likeness (QED) is 0.700. The third-order valence-corrected chi connectivity index (χ3v) is 7.24. The number of hydrogen-bond donors (Lipinski definition) is 1. The predicted octanol–water partition coefficient (Wildman–Crippen LogP) is 5.27. The van der Waals surface area contributed by atoms with Crippen LogP contribution in [0.15, 0.2) is 18.2 Å². The van der Waals surface area contributed by atoms with Crippen LogP contribution in [0.3, 0.4) is 0 Å². The van der Waals surface area contributed by atoms with Crippen LogP contribution in [0.5, 0.6) is 0 Å². The van der Waals surface area contributed by atoms with Crippen LogP contribution in [-0.4, -0.2) is 10.2 Å². The molecule has 124 valence electrons. The molecule has 1 N–H and O–H groups in total. The molecule has 3 saturated carbocycles. The van der Waals surface area contributed by atoms with Crippen molar-refractivity contribution in [3.05, 3.63) is 29.0 Å². The number of rotatable bonds is 2. The molecule has 5 atom stereocenters. The lowest BCUT2D eigenvalue weighted by Crippen LogP contribution is -2.16. The molecule has 0 aliphatic heterocycles. The fourth-order valence-electron chi connectivity index (χ4n) is 4.41. The van der Waals surface area contributed by atoms with Crippen LogP contribution >= 0.6 is 34.8 Å². The van der Waals surface area contributed by atoms with Crippen molar-refractivity contribution in [3.8, 4) is 0 Å². The van der Waals surface area contributed by atoms with Gasteiger partial charge in [-0.15, -0.1) is 23.2 Å². The Morgan fingerprint density at radius 2 is 1.74 bits per heavy atom. The molecular weight excluding hydrogens is 360 g/mol. The van der Waals surface area contributed by atoms with E-state index in [1.165, 1.54) is 12.1 Å². The van der Waals surface area contributed by atoms with Crippen LogP contribution in [-0.2, 0) is 4.79 Å². The van der Waals surface area contributed by atoms with Crippen LogP contribution in [0.2, 0.25) is 5.02 Å². The molecule has 0 radical (unpaired) electrons. The van der Waals surface area contributed by atoms with E-state index in [0.717, 1.165) is 25.7 Å². The van der Waals surface area contributed by atoms with Crippen LogP contribution in [0, 0.1) is 35.4 Å². The zero-order valence-electron chi connectivity index (χ0n) is 12.4. The summed E-state index contributed by atoms with van der Waals surface area (Å²) in [6.45, 7) is 0. The summed E-state index contributed by atoms with van der Waals surface area (Å²) in [4.78, 5) is 12.5. The molecule has 23 heavy (non-hydrogen) atoms. The van der Waals surface area contributed by atoms with Crippen molar-refractivity contribution in [1.29, 1.82) is 0 Å². The Kier molecular flexibility index (Phi) is 3.82. The second-order valence-electron chi connectivity index (χ2n) is 7.01. The molecule has 0 bridgehead atoms. The summed E-state index contributed by atoms with van der Waals surface area (Å²) < 4.78 is 12.9. The summed E-state index contributed by atoms with van der Waals surface area (Å²) in [7, 11) is 0. The van der Waals surface area contributed by atoms with Crippen molar-refractivity contribution >= 4 is 46.4 Å². The molecule has 1 aromatic rings. The first-order chi connectivity index (χ1) is 10.9. The molecule has 1 aromatic carbocycles. The third-order valence-electron chi connectivity index (χ3n) is 5.81. The Bertz CT molecular complexity index is 643. The summed E-state index contributed by atoms with van der Waals surface area (Å²) in [5.41, 5.74) is 0.458. The van der Waals surface area contributed by atoms with E-state index in [2.05, 4.69) is 5.32 Å². The highest BCUT2D eigenvalue weighted by molar-refractivity contribution is 6.51. The van der Waals surface area contributed by atoms with Crippen molar-refractivity contribution in [3.63, 3.8) is 0 Å². The topological polar surface area (TPSA) is 29.1 Å². The maximum absolute atomic E-state index is 13.5. The van der Waals surface area contributed by atoms with Gasteiger partial charge in [0.2, 0.25) is 5.91 Å². The third kappa shape index (κ3) is 2.75. The molecule has 3 fully saturated rings. The van der Waals surface area contributed by atoms with E-state index in [9.17, 15) is 9.18 Å². The van der Waals surface area contributed by atoms with Crippen molar-refractivity contribution in [2.75, 3.05) is 5.32 Å². The van der Waals surface area contributed by atoms with E-state index in [0.29, 0.717) is 29.4 Å². The highest BCUT2D eigenvalue weighted by atomic mass is 35.5. The molecule has 1 amide bonds. The molecule has 1 unspecified atom stereocenters. The summed E-state index contributed by atoms with van der Waals surface area (Å²) in [5.74, 6) is 1.11. The van der Waals surface area contributed by atoms with Gasteiger partial charge in [0.15, 0.2) is 0 Å². The molecule has 3 aliphatic rings. The predicted molar refractivity (Wildman–Crippen MR) is 90.4 cm³/mol. The van der Waals surface area contributed by atoms with Gasteiger partial charge in [-0.1, -0.05) is 11.6 Å². The average Bonchev–Trinajstić information content (AvgIpc) is 3.27. The molecular formula is C17H17Cl3FNO. The van der Waals surface area contributed by atoms with Gasteiger partial charge in [-0.25, -0.2) is 4.39 Å². The van der Waals surface area contributed by atoms with Crippen molar-refractivity contribution in [2.24, 2.45) is 29.6 Å². The highest BCUT2D eigenvalue weighted by Crippen LogP contribution is 2.67. The molecule has 0 spiro atoms. The standard InChI is InChI=1S/C17H17Cl3FNO/c18-13-6-1-8(7-14(13)21)22-16(23)15-9-2-4-11-12(17(11,19)20)5-3-10(9)15/h1,6-7,9-12,15H,2-5H2,(H,22,23)/t9-,10+,11-,12+,15?. The maximum atomic E-state index is 13.5. The Hall–Kier alpha value is -0.510. The number of amides is 1. The lowest BCUT2D eigenvalue weighted by atomic mass is 10.0. The molecule has 3 aliphatic carbocycles. The number of alkyl halides is 2. The summed E-state index contributed by atoms with van der Waals surface area (Å²) in [5, 5.41) is 2.87. The largest absolute Gasteiger partial charge is 0.326 e. The van der Waals surface area contributed by atoms with E-state index in [1.807, 2.05) is 0 Å². The van der Waals surface area contributed by atoms with Crippen molar-refractivity contribution in [2.45, 2.75) is 30.0 Å². The molecule has 0 aromatic heterocycles. The monoisotopic (exact) mass is 375 g/mol. The number of carbonyl (C=O) groups is 1. The van der Waals surface area contributed by atoms with E-state index in [-0.39, 0.29) is 16.8 Å². The second-order valence-corrected chi connectivity index (χ2v) is 8.87. The summed E-state index contributed by atoms with van der Waals surface area (Å²) in [6.07, 6.45) is 4.00. The zero-order valence-corrected chi connectivity index (χ0v) is 14.6. The molecule has 4 rings (SSSR count). The van der Waals surface area contributed by atoms with Crippen LogP contribution in [0.25, 0.3) is 0 Å². The van der Waals surface area contributed by atoms with E-state index in [1.54, 1.807) is 6.07 Å². The number of hydrogen-bond acceptors (Lipinski definition) is 1. The number of anilines is 1. The second kappa shape index (κ2) is 5.50. The Balaban J connectivity index is 1.38. The SMILES string of the molecule is O=C(Nc1ccc(Cl)c(F)c1)C1[C@H]2CC[C@H]3[C@@H](CC[C@@H]12)C3(Cl)Cl. The number of nitrogens with one attached hydrogen (secondary N) is 1. The van der Waals surface area contributed by atoms with Gasteiger partial charge >= 0.3 is 0 Å². The fourth-order valence-corrected chi connectivity index (χ4v) is 5.45. The van der Waals surface area contributed by atoms with E-state index < -0.39 is 10.2 Å². The molecule has 0 heterocycles. The number of fused-ring (bicyclic) bond motifs is 2. The van der Waals surface area contributed by atoms with E-state index in [4.69, 9.17) is 34.8 Å². The maximum Gasteiger partial charge on any atom is 0.228 e. The van der Waals surface area contributed by atoms with Crippen molar-refractivity contribution in [1.82, 2.24) is 0 Å². The zero-order chi connectivity index (χ0) is 16.4. The average molecular weight is 377 g/mol. The minimum Gasteiger partial charge on any atom is -0.326 e. The Morgan fingerprint density at radius 1 is 1.13 bits per heavy atom. The van der Waals surface area contributed by atoms with Gasteiger partial charge in [0.1, 0.15) is 10.2 Å². The van der Waals surface area contributed by atoms with Gasteiger partial charge in [0.25, 0.3) is 0 Å². The lowest BCUT2D eigenvalue weighted by Gasteiger charge is -2.06. The van der Waals surface area contributed by atoms with Crippen LogP contribution in [0.1, 0.15) is 25.7 Å². The highest BCUT2D eigenvalue weighted by Gasteiger charge is 2.65. The van der Waals surface area contributed by atoms with Crippen molar-refractivity contribution < 1.29 is 9.18 Å². The Labute approximate surface area is 149 Å². The smallest absolute Gasteiger partial charge is 0.228 e. The first-order valence-electron chi connectivity index (χ1n) is 8.03. The normalized spacial score (nSPS) is 37.0. The molecule has 6 heteroatoms. The van der Waals surface area contributed by atoms with Crippen LogP contribution < -0.4 is 5.32 Å². The van der Waals surface area contributed by atoms with Gasteiger partial charge in [-0.2, -0.15) is 0 Å². The lowest BCUT2D eigenvalue weighted by molar-refractivity contribution is -0.117. The number of benzene rings is 1. The fraction of sp³-hybridized carbons (Fsp3) is 0.588. The summed E-state index contributed by atoms with van der Waals surface area (Å²) in [6, 6.07) is 4.34. The van der Waals surface area contributed by atoms with Gasteiger partial charge in [0, 0.05) is 11.6 Å². The van der Waals surface area contributed by atoms with E-state index >= 15 is 0 Å². The van der Waals surface area contributed by atoms with Gasteiger partial charge in [-0.3, -0.25) is 4.79 Å². The van der Waals surface area contributed by atoms with Gasteiger partial charge in [-0.05, 0) is 67.6 Å². The molecule has 0 saturated heterocycles. The van der Waals surface area contributed by atoms with Gasteiger partial charge < -0.3 is 5.32 Å². The first-order valence-corrected chi connectivity index (χ1v) is 9.16. The Morgan fingerprint density at radius 3 is 2.30 bits per heavy atom. The minimum absolute atomic E-state index is 0.0136. The number of carbonyl (C=O) groups excluding carboxylic acids is 1. The minimum atomic E-state index is -0.532.